The van der Waals surface area contributed by atoms with Crippen molar-refractivity contribution in [3.63, 3.8) is 0 Å². The monoisotopic (exact) mass is 182 g/mol. The molecule has 0 N–H and O–H groups in total. The van der Waals surface area contributed by atoms with Gasteiger partial charge in [-0.05, 0) is 0 Å². The maximum absolute atomic E-state index is 11.3. The number of aromatic nitrogens is 2. The molecule has 2 rings (SSSR count). The summed E-state index contributed by atoms with van der Waals surface area (Å²) in [6.07, 6.45) is 4.78. The average Bonchev–Trinajstić information content (AvgIpc) is 2.74. The molecule has 1 atom stereocenters. The summed E-state index contributed by atoms with van der Waals surface area (Å²) in [6, 6.07) is 0. The average molecular weight is 182 g/mol. The van der Waals surface area contributed by atoms with E-state index >= 15 is 0 Å². The number of imidazole rings is 1. The Labute approximate surface area is 75.3 Å². The van der Waals surface area contributed by atoms with Crippen LogP contribution in [0.4, 0.5) is 4.79 Å². The number of carbonyl (C=O) groups is 1. The van der Waals surface area contributed by atoms with Crippen LogP contribution in [-0.2, 0) is 9.47 Å². The highest BCUT2D eigenvalue weighted by Crippen LogP contribution is 2.08. The molecule has 70 valence electrons. The first kappa shape index (κ1) is 8.25. The smallest absolute Gasteiger partial charge is 0.419 e. The molecule has 5 nitrogen and oxygen atoms in total. The van der Waals surface area contributed by atoms with E-state index in [1.165, 1.54) is 17.1 Å². The summed E-state index contributed by atoms with van der Waals surface area (Å²) in [7, 11) is 0. The Morgan fingerprint density at radius 2 is 2.62 bits per heavy atom. The zero-order valence-electron chi connectivity index (χ0n) is 7.05. The number of carbonyl (C=O) groups excluding carboxylic acids is 1. The molecule has 0 saturated carbocycles. The minimum atomic E-state index is -0.395. The van der Waals surface area contributed by atoms with E-state index in [-0.39, 0.29) is 6.10 Å². The first-order valence-electron chi connectivity index (χ1n) is 4.13. The van der Waals surface area contributed by atoms with Crippen molar-refractivity contribution in [2.75, 3.05) is 13.2 Å². The van der Waals surface area contributed by atoms with Crippen LogP contribution in [0.2, 0.25) is 0 Å². The number of nitrogens with zero attached hydrogens (tertiary/aromatic N) is 2. The van der Waals surface area contributed by atoms with E-state index in [9.17, 15) is 4.79 Å². The highest BCUT2D eigenvalue weighted by Gasteiger charge is 2.20. The Balaban J connectivity index is 1.91. The fourth-order valence-electron chi connectivity index (χ4n) is 1.18. The van der Waals surface area contributed by atoms with Gasteiger partial charge in [-0.15, -0.1) is 0 Å². The first-order valence-corrected chi connectivity index (χ1v) is 4.13. The topological polar surface area (TPSA) is 53.4 Å². The van der Waals surface area contributed by atoms with E-state index in [1.807, 2.05) is 0 Å². The summed E-state index contributed by atoms with van der Waals surface area (Å²) in [5.74, 6) is 0. The van der Waals surface area contributed by atoms with Crippen LogP contribution in [0.15, 0.2) is 18.7 Å². The molecule has 0 aromatic carbocycles. The lowest BCUT2D eigenvalue weighted by Gasteiger charge is -2.09. The van der Waals surface area contributed by atoms with Crippen LogP contribution in [0, 0.1) is 0 Å². The van der Waals surface area contributed by atoms with Gasteiger partial charge in [0.2, 0.25) is 0 Å². The van der Waals surface area contributed by atoms with Crippen LogP contribution in [0.5, 0.6) is 0 Å². The quantitative estimate of drug-likeness (QED) is 0.640. The first-order chi connectivity index (χ1) is 6.36. The summed E-state index contributed by atoms with van der Waals surface area (Å²) in [4.78, 5) is 15.1. The van der Waals surface area contributed by atoms with Crippen molar-refractivity contribution in [2.24, 2.45) is 0 Å². The van der Waals surface area contributed by atoms with Crippen molar-refractivity contribution in [3.8, 4) is 0 Å². The molecule has 1 aliphatic heterocycles. The van der Waals surface area contributed by atoms with Gasteiger partial charge >= 0.3 is 6.09 Å². The van der Waals surface area contributed by atoms with E-state index in [4.69, 9.17) is 9.47 Å². The molecule has 0 radical (unpaired) electrons. The van der Waals surface area contributed by atoms with Crippen molar-refractivity contribution in [1.82, 2.24) is 9.55 Å². The Hall–Kier alpha value is -1.36. The number of hydrogen-bond acceptors (Lipinski definition) is 4. The van der Waals surface area contributed by atoms with Gasteiger partial charge in [0.1, 0.15) is 12.4 Å². The highest BCUT2D eigenvalue weighted by molar-refractivity contribution is 5.70. The molecule has 1 unspecified atom stereocenters. The van der Waals surface area contributed by atoms with Gasteiger partial charge in [-0.25, -0.2) is 14.3 Å². The van der Waals surface area contributed by atoms with E-state index in [1.54, 1.807) is 6.20 Å². The Morgan fingerprint density at radius 1 is 1.69 bits per heavy atom. The van der Waals surface area contributed by atoms with Gasteiger partial charge in [-0.3, -0.25) is 0 Å². The number of hydrogen-bond donors (Lipinski definition) is 0. The van der Waals surface area contributed by atoms with Crippen LogP contribution in [0.25, 0.3) is 0 Å². The molecule has 1 aromatic rings. The van der Waals surface area contributed by atoms with Gasteiger partial charge in [0.05, 0.1) is 13.2 Å². The standard InChI is InChI=1S/C8H10N2O3/c11-8(10-3-2-9-6-10)13-7-1-4-12-5-7/h2-3,6-7H,1,4-5H2. The van der Waals surface area contributed by atoms with Crippen LogP contribution >= 0.6 is 0 Å². The molecule has 1 aliphatic rings. The molecular formula is C8H10N2O3. The maximum atomic E-state index is 11.3. The third-order valence-corrected chi connectivity index (χ3v) is 1.87. The number of ether oxygens (including phenoxy) is 2. The van der Waals surface area contributed by atoms with E-state index in [0.29, 0.717) is 13.2 Å². The molecule has 5 heteroatoms. The van der Waals surface area contributed by atoms with Crippen molar-refractivity contribution in [3.05, 3.63) is 18.7 Å². The van der Waals surface area contributed by atoms with Crippen molar-refractivity contribution < 1.29 is 14.3 Å². The molecule has 2 heterocycles. The maximum Gasteiger partial charge on any atom is 0.419 e. The lowest BCUT2D eigenvalue weighted by atomic mass is 10.3. The number of rotatable bonds is 1. The van der Waals surface area contributed by atoms with Crippen molar-refractivity contribution in [2.45, 2.75) is 12.5 Å². The van der Waals surface area contributed by atoms with Gasteiger partial charge in [0.25, 0.3) is 0 Å². The molecule has 0 bridgehead atoms. The van der Waals surface area contributed by atoms with Crippen LogP contribution < -0.4 is 0 Å². The molecule has 1 aromatic heterocycles. The SMILES string of the molecule is O=C(OC1CCOC1)n1ccnc1. The van der Waals surface area contributed by atoms with Crippen LogP contribution in [0.1, 0.15) is 6.42 Å². The highest BCUT2D eigenvalue weighted by atomic mass is 16.6. The van der Waals surface area contributed by atoms with Gasteiger partial charge in [-0.2, -0.15) is 0 Å². The summed E-state index contributed by atoms with van der Waals surface area (Å²) in [6.45, 7) is 1.17. The second-order valence-electron chi connectivity index (χ2n) is 2.84. The lowest BCUT2D eigenvalue weighted by Crippen LogP contribution is -2.21. The molecule has 1 saturated heterocycles. The Morgan fingerprint density at radius 3 is 3.23 bits per heavy atom. The Bertz CT molecular complexity index is 278. The lowest BCUT2D eigenvalue weighted by molar-refractivity contribution is 0.0841. The van der Waals surface area contributed by atoms with Gasteiger partial charge < -0.3 is 9.47 Å². The van der Waals surface area contributed by atoms with E-state index < -0.39 is 6.09 Å². The normalized spacial score (nSPS) is 21.7. The third-order valence-electron chi connectivity index (χ3n) is 1.87. The fraction of sp³-hybridized carbons (Fsp3) is 0.500. The zero-order valence-corrected chi connectivity index (χ0v) is 7.05. The van der Waals surface area contributed by atoms with Crippen molar-refractivity contribution >= 4 is 6.09 Å². The summed E-state index contributed by atoms with van der Waals surface area (Å²) in [5, 5.41) is 0. The second kappa shape index (κ2) is 3.57. The molecule has 0 amide bonds. The van der Waals surface area contributed by atoms with Crippen molar-refractivity contribution in [1.29, 1.82) is 0 Å². The molecule has 1 fully saturated rings. The Kier molecular flexibility index (Phi) is 2.27. The predicted octanol–water partition coefficient (Wildman–Crippen LogP) is 0.657. The van der Waals surface area contributed by atoms with Gasteiger partial charge in [0.15, 0.2) is 0 Å². The molecular weight excluding hydrogens is 172 g/mol. The largest absolute Gasteiger partial charge is 0.443 e. The summed E-state index contributed by atoms with van der Waals surface area (Å²) >= 11 is 0. The third kappa shape index (κ3) is 1.86. The summed E-state index contributed by atoms with van der Waals surface area (Å²) in [5.41, 5.74) is 0. The van der Waals surface area contributed by atoms with Crippen LogP contribution in [0.3, 0.4) is 0 Å². The van der Waals surface area contributed by atoms with Gasteiger partial charge in [0, 0.05) is 18.8 Å². The molecule has 13 heavy (non-hydrogen) atoms. The molecule has 0 spiro atoms. The summed E-state index contributed by atoms with van der Waals surface area (Å²) < 4.78 is 11.5. The zero-order chi connectivity index (χ0) is 9.10. The van der Waals surface area contributed by atoms with E-state index in [2.05, 4.69) is 4.98 Å². The minimum Gasteiger partial charge on any atom is -0.443 e. The molecule has 0 aliphatic carbocycles. The van der Waals surface area contributed by atoms with E-state index in [0.717, 1.165) is 6.42 Å². The minimum absolute atomic E-state index is 0.102. The fourth-order valence-corrected chi connectivity index (χ4v) is 1.18. The second-order valence-corrected chi connectivity index (χ2v) is 2.84. The predicted molar refractivity (Wildman–Crippen MR) is 43.3 cm³/mol. The van der Waals surface area contributed by atoms with Gasteiger partial charge in [-0.1, -0.05) is 0 Å². The van der Waals surface area contributed by atoms with Crippen LogP contribution in [-0.4, -0.2) is 35.0 Å².